The third kappa shape index (κ3) is 9.02. The summed E-state index contributed by atoms with van der Waals surface area (Å²) in [6.07, 6.45) is -1.23. The topological polar surface area (TPSA) is 98.0 Å². The Morgan fingerprint density at radius 3 is 1.62 bits per heavy atom. The second kappa shape index (κ2) is 6.35. The molecule has 0 bridgehead atoms. The van der Waals surface area contributed by atoms with E-state index in [0.717, 1.165) is 0 Å². The van der Waals surface area contributed by atoms with Crippen LogP contribution in [0.15, 0.2) is 0 Å². The fourth-order valence-electron chi connectivity index (χ4n) is 0. The fourth-order valence-corrected chi connectivity index (χ4v) is 0. The van der Waals surface area contributed by atoms with Gasteiger partial charge >= 0.3 is 5.97 Å². The third-order valence-electron chi connectivity index (χ3n) is 0.357. The molecular formula is C3H8O5. The number of hydrogen-bond acceptors (Lipinski definition) is 4. The van der Waals surface area contributed by atoms with Crippen molar-refractivity contribution < 1.29 is 25.5 Å². The second-order valence-electron chi connectivity index (χ2n) is 1.01. The lowest BCUT2D eigenvalue weighted by molar-refractivity contribution is -0.176. The van der Waals surface area contributed by atoms with E-state index in [9.17, 15) is 4.79 Å². The van der Waals surface area contributed by atoms with Crippen LogP contribution < -0.4 is 0 Å². The number of rotatable bonds is 1. The molecule has 0 aromatic carbocycles. The molecule has 0 aliphatic heterocycles. The number of hydrogen-bond donors (Lipinski definition) is 4. The van der Waals surface area contributed by atoms with E-state index in [1.165, 1.54) is 6.92 Å². The summed E-state index contributed by atoms with van der Waals surface area (Å²) in [5.74, 6) is -1.19. The molecule has 5 nitrogen and oxygen atoms in total. The van der Waals surface area contributed by atoms with Crippen molar-refractivity contribution in [1.82, 2.24) is 0 Å². The summed E-state index contributed by atoms with van der Waals surface area (Å²) in [5.41, 5.74) is 0. The number of aliphatic carboxylic acids is 1. The summed E-state index contributed by atoms with van der Waals surface area (Å²) < 4.78 is 0. The zero-order valence-electron chi connectivity index (χ0n) is 4.27. The van der Waals surface area contributed by atoms with E-state index in [2.05, 4.69) is 0 Å². The minimum atomic E-state index is -1.23. The van der Waals surface area contributed by atoms with Gasteiger partial charge in [-0.2, -0.15) is 0 Å². The Balaban J connectivity index is 0. The van der Waals surface area contributed by atoms with Gasteiger partial charge < -0.3 is 10.2 Å². The Hall–Kier alpha value is -0.650. The van der Waals surface area contributed by atoms with Crippen molar-refractivity contribution in [1.29, 1.82) is 0 Å². The third-order valence-corrected chi connectivity index (χ3v) is 0.357. The lowest BCUT2D eigenvalue weighted by atomic mass is 10.4. The molecule has 0 rings (SSSR count). The predicted octanol–water partition coefficient (Wildman–Crippen LogP) is -0.531. The average Bonchev–Trinajstić information content (AvgIpc) is 1.72. The van der Waals surface area contributed by atoms with Crippen molar-refractivity contribution in [3.8, 4) is 0 Å². The first-order valence-electron chi connectivity index (χ1n) is 1.75. The Bertz CT molecular complexity index is 58.7. The van der Waals surface area contributed by atoms with Crippen molar-refractivity contribution in [3.05, 3.63) is 0 Å². The second-order valence-corrected chi connectivity index (χ2v) is 1.01. The highest BCUT2D eigenvalue weighted by atomic mass is 17.0. The Morgan fingerprint density at radius 2 is 1.62 bits per heavy atom. The van der Waals surface area contributed by atoms with Gasteiger partial charge in [-0.05, 0) is 6.92 Å². The van der Waals surface area contributed by atoms with Crippen LogP contribution in [0.2, 0.25) is 0 Å². The van der Waals surface area contributed by atoms with Gasteiger partial charge in [0.25, 0.3) is 0 Å². The van der Waals surface area contributed by atoms with Gasteiger partial charge in [0.2, 0.25) is 0 Å². The van der Waals surface area contributed by atoms with E-state index in [1.807, 2.05) is 0 Å². The van der Waals surface area contributed by atoms with E-state index in [1.54, 1.807) is 0 Å². The number of carbonyl (C=O) groups is 1. The molecule has 0 spiro atoms. The first kappa shape index (κ1) is 10.4. The van der Waals surface area contributed by atoms with Crippen LogP contribution in [-0.4, -0.2) is 32.8 Å². The number of aliphatic hydroxyl groups is 1. The molecule has 4 N–H and O–H groups in total. The average molecular weight is 124 g/mol. The maximum atomic E-state index is 9.45. The summed E-state index contributed by atoms with van der Waals surface area (Å²) in [7, 11) is 0. The quantitative estimate of drug-likeness (QED) is 0.278. The zero-order valence-corrected chi connectivity index (χ0v) is 4.27. The smallest absolute Gasteiger partial charge is 0.332 e. The molecule has 0 amide bonds. The van der Waals surface area contributed by atoms with Crippen LogP contribution >= 0.6 is 0 Å². The Kier molecular flexibility index (Phi) is 8.22. The molecule has 0 heterocycles. The van der Waals surface area contributed by atoms with E-state index < -0.39 is 12.1 Å². The highest BCUT2D eigenvalue weighted by molar-refractivity contribution is 5.71. The molecule has 1 atom stereocenters. The van der Waals surface area contributed by atoms with Gasteiger partial charge in [-0.1, -0.05) is 0 Å². The van der Waals surface area contributed by atoms with Crippen LogP contribution in [0.4, 0.5) is 0 Å². The van der Waals surface area contributed by atoms with Crippen molar-refractivity contribution in [2.75, 3.05) is 0 Å². The maximum absolute atomic E-state index is 9.45. The SMILES string of the molecule is CC(O)C(=O)O.OO. The van der Waals surface area contributed by atoms with Gasteiger partial charge in [0.05, 0.1) is 0 Å². The summed E-state index contributed by atoms with van der Waals surface area (Å²) in [5, 5.41) is 27.8. The first-order valence-corrected chi connectivity index (χ1v) is 1.75. The molecule has 0 fully saturated rings. The Labute approximate surface area is 45.7 Å². The maximum Gasteiger partial charge on any atom is 0.332 e. The van der Waals surface area contributed by atoms with Gasteiger partial charge in [0.15, 0.2) is 0 Å². The zero-order chi connectivity index (χ0) is 7.15. The summed E-state index contributed by atoms with van der Waals surface area (Å²) in [4.78, 5) is 9.45. The number of carboxylic acid groups (broad SMARTS) is 1. The van der Waals surface area contributed by atoms with Crippen LogP contribution in [0, 0.1) is 0 Å². The van der Waals surface area contributed by atoms with Gasteiger partial charge in [0.1, 0.15) is 6.10 Å². The van der Waals surface area contributed by atoms with Crippen molar-refractivity contribution >= 4 is 5.97 Å². The van der Waals surface area contributed by atoms with Gasteiger partial charge in [-0.15, -0.1) is 0 Å². The van der Waals surface area contributed by atoms with Gasteiger partial charge in [-0.25, -0.2) is 4.79 Å². The highest BCUT2D eigenvalue weighted by Gasteiger charge is 2.01. The summed E-state index contributed by atoms with van der Waals surface area (Å²) >= 11 is 0. The van der Waals surface area contributed by atoms with E-state index >= 15 is 0 Å². The fraction of sp³-hybridized carbons (Fsp3) is 0.667. The molecular weight excluding hydrogens is 116 g/mol. The van der Waals surface area contributed by atoms with Crippen molar-refractivity contribution in [2.45, 2.75) is 13.0 Å². The minimum absolute atomic E-state index is 1.19. The van der Waals surface area contributed by atoms with Crippen LogP contribution in [-0.2, 0) is 4.79 Å². The largest absolute Gasteiger partial charge is 0.479 e. The molecule has 0 aromatic rings. The summed E-state index contributed by atoms with van der Waals surface area (Å²) in [6.45, 7) is 1.20. The molecule has 0 aliphatic carbocycles. The van der Waals surface area contributed by atoms with E-state index in [4.69, 9.17) is 20.7 Å². The lowest BCUT2D eigenvalue weighted by Crippen LogP contribution is -2.13. The molecule has 50 valence electrons. The molecule has 0 radical (unpaired) electrons. The number of carboxylic acids is 1. The van der Waals surface area contributed by atoms with Gasteiger partial charge in [-0.3, -0.25) is 10.5 Å². The monoisotopic (exact) mass is 124 g/mol. The molecule has 1 unspecified atom stereocenters. The minimum Gasteiger partial charge on any atom is -0.479 e. The van der Waals surface area contributed by atoms with Crippen LogP contribution in [0.3, 0.4) is 0 Å². The number of aliphatic hydroxyl groups excluding tert-OH is 1. The highest BCUT2D eigenvalue weighted by Crippen LogP contribution is 1.73. The van der Waals surface area contributed by atoms with Crippen LogP contribution in [0.25, 0.3) is 0 Å². The molecule has 8 heavy (non-hydrogen) atoms. The summed E-state index contributed by atoms with van der Waals surface area (Å²) in [6, 6.07) is 0. The molecule has 0 saturated heterocycles. The first-order chi connectivity index (χ1) is 3.64. The van der Waals surface area contributed by atoms with Crippen LogP contribution in [0.1, 0.15) is 6.92 Å². The predicted molar refractivity (Wildman–Crippen MR) is 24.6 cm³/mol. The Morgan fingerprint density at radius 1 is 1.50 bits per heavy atom. The molecule has 0 aliphatic rings. The normalized spacial score (nSPS) is 11.0. The molecule has 0 aromatic heterocycles. The van der Waals surface area contributed by atoms with Gasteiger partial charge in [0, 0.05) is 0 Å². The van der Waals surface area contributed by atoms with E-state index in [0.29, 0.717) is 0 Å². The van der Waals surface area contributed by atoms with E-state index in [-0.39, 0.29) is 0 Å². The molecule has 0 saturated carbocycles. The molecule has 5 heteroatoms. The lowest BCUT2D eigenvalue weighted by Gasteiger charge is -1.89. The van der Waals surface area contributed by atoms with Crippen molar-refractivity contribution in [2.24, 2.45) is 0 Å². The van der Waals surface area contributed by atoms with Crippen LogP contribution in [0.5, 0.6) is 0 Å². The standard InChI is InChI=1S/C3H6O3.H2O2/c1-2(4)3(5)6;1-2/h2,4H,1H3,(H,5,6);1-2H. The van der Waals surface area contributed by atoms with Crippen molar-refractivity contribution in [3.63, 3.8) is 0 Å².